The van der Waals surface area contributed by atoms with Crippen molar-refractivity contribution in [2.75, 3.05) is 38.6 Å². The van der Waals surface area contributed by atoms with Crippen molar-refractivity contribution in [3.05, 3.63) is 81.5 Å². The summed E-state index contributed by atoms with van der Waals surface area (Å²) in [6, 6.07) is 4.76. The molecule has 0 spiro atoms. The van der Waals surface area contributed by atoms with Gasteiger partial charge in [0.05, 0.1) is 27.8 Å². The molecule has 2 amide bonds. The van der Waals surface area contributed by atoms with Crippen molar-refractivity contribution in [3.8, 4) is 11.4 Å². The number of rotatable bonds is 10. The zero-order valence-corrected chi connectivity index (χ0v) is 24.3. The molecule has 1 aromatic carbocycles. The fraction of sp³-hybridized carbons (Fsp3) is 0.333. The number of pyridine rings is 1. The van der Waals surface area contributed by atoms with Gasteiger partial charge in [0.2, 0.25) is 0 Å². The van der Waals surface area contributed by atoms with Crippen LogP contribution < -0.4 is 10.9 Å². The second-order valence-corrected chi connectivity index (χ2v) is 11.0. The van der Waals surface area contributed by atoms with Gasteiger partial charge in [0.25, 0.3) is 17.4 Å². The van der Waals surface area contributed by atoms with E-state index >= 15 is 0 Å². The molecule has 1 fully saturated rings. The van der Waals surface area contributed by atoms with Crippen LogP contribution in [0.5, 0.6) is 0 Å². The van der Waals surface area contributed by atoms with Gasteiger partial charge < -0.3 is 30.0 Å². The predicted octanol–water partition coefficient (Wildman–Crippen LogP) is 3.61. The molecular weight excluding hydrogens is 560 g/mol. The summed E-state index contributed by atoms with van der Waals surface area (Å²) in [5.74, 6) is 0.0429. The zero-order chi connectivity index (χ0) is 30.1. The van der Waals surface area contributed by atoms with Gasteiger partial charge in [0.1, 0.15) is 29.9 Å². The molecule has 2 aliphatic rings. The number of nitrogens with one attached hydrogen (secondary N) is 3. The highest BCUT2D eigenvalue weighted by molar-refractivity contribution is 6.31. The first-order chi connectivity index (χ1) is 20.1. The maximum Gasteiger partial charge on any atom is 0.261 e. The number of aromatic nitrogens is 3. The van der Waals surface area contributed by atoms with Crippen LogP contribution in [-0.4, -0.2) is 87.1 Å². The third-order valence-corrected chi connectivity index (χ3v) is 7.98. The van der Waals surface area contributed by atoms with Crippen LogP contribution in [0.1, 0.15) is 40.5 Å². The van der Waals surface area contributed by atoms with E-state index in [-0.39, 0.29) is 42.4 Å². The minimum atomic E-state index is -0.938. The number of fused-ring (bicyclic) bond motifs is 2. The first kappa shape index (κ1) is 29.3. The molecule has 220 valence electrons. The van der Waals surface area contributed by atoms with Crippen molar-refractivity contribution in [2.24, 2.45) is 0 Å². The topological polar surface area (TPSA) is 144 Å². The summed E-state index contributed by atoms with van der Waals surface area (Å²) in [5.41, 5.74) is 2.46. The summed E-state index contributed by atoms with van der Waals surface area (Å²) in [6.07, 6.45) is 3.52. The normalized spacial score (nSPS) is 17.3. The summed E-state index contributed by atoms with van der Waals surface area (Å²) in [6.45, 7) is 10.8. The first-order valence-corrected chi connectivity index (χ1v) is 14.0. The van der Waals surface area contributed by atoms with Gasteiger partial charge >= 0.3 is 0 Å². The lowest BCUT2D eigenvalue weighted by molar-refractivity contribution is 0.0516. The van der Waals surface area contributed by atoms with Gasteiger partial charge in [0, 0.05) is 29.4 Å². The molecule has 4 heterocycles. The number of piperidine rings is 1. The number of nitrogens with zero attached hydrogens (tertiary/aromatic N) is 3. The van der Waals surface area contributed by atoms with Crippen molar-refractivity contribution in [1.29, 1.82) is 0 Å². The van der Waals surface area contributed by atoms with Gasteiger partial charge in [-0.1, -0.05) is 24.8 Å². The summed E-state index contributed by atoms with van der Waals surface area (Å²) in [5, 5.41) is 13.9. The van der Waals surface area contributed by atoms with Crippen LogP contribution in [0, 0.1) is 0 Å². The van der Waals surface area contributed by atoms with Gasteiger partial charge in [0.15, 0.2) is 0 Å². The monoisotopic (exact) mass is 592 g/mol. The Labute approximate surface area is 247 Å². The predicted molar refractivity (Wildman–Crippen MR) is 162 cm³/mol. The van der Waals surface area contributed by atoms with Crippen LogP contribution in [0.15, 0.2) is 64.8 Å². The number of anilines is 1. The number of imidazole rings is 1. The van der Waals surface area contributed by atoms with Crippen LogP contribution in [0.3, 0.4) is 0 Å². The second-order valence-electron chi connectivity index (χ2n) is 10.6. The van der Waals surface area contributed by atoms with Crippen molar-refractivity contribution in [2.45, 2.75) is 31.9 Å². The Balaban J connectivity index is 1.35. The number of aliphatic hydroxyl groups excluding tert-OH is 1. The second kappa shape index (κ2) is 12.0. The van der Waals surface area contributed by atoms with E-state index in [9.17, 15) is 19.5 Å². The summed E-state index contributed by atoms with van der Waals surface area (Å²) < 4.78 is 5.63. The molecule has 42 heavy (non-hydrogen) atoms. The lowest BCUT2D eigenvalue weighted by Crippen LogP contribution is -2.46. The standard InChI is InChI=1S/C30H33ClN6O5/c1-5-25(16(2)17(3)31)42-15-19(38)14-33-22-6-9-32-28(39)26(22)27-34-23-12-20-21(13-24(23)35-27)30(41)37(29(20)40)18-7-10-36(4)11-8-18/h5-6,9,12-13,18-19,38H,1,3,7-8,10-11,14-15H2,2,4H3,(H,34,35)(H2,32,33,39)/b25-16+. The van der Waals surface area contributed by atoms with Gasteiger partial charge in [-0.2, -0.15) is 0 Å². The third-order valence-electron chi connectivity index (χ3n) is 7.69. The molecule has 2 aromatic heterocycles. The number of halogens is 1. The molecule has 1 atom stereocenters. The highest BCUT2D eigenvalue weighted by atomic mass is 35.5. The van der Waals surface area contributed by atoms with E-state index in [4.69, 9.17) is 16.3 Å². The highest BCUT2D eigenvalue weighted by Gasteiger charge is 2.41. The number of carbonyl (C=O) groups excluding carboxylic acids is 2. The molecule has 3 aromatic rings. The van der Waals surface area contributed by atoms with E-state index in [1.807, 2.05) is 7.05 Å². The number of benzene rings is 1. The van der Waals surface area contributed by atoms with Gasteiger partial charge in [-0.3, -0.25) is 19.3 Å². The quantitative estimate of drug-likeness (QED) is 0.159. The van der Waals surface area contributed by atoms with Crippen LogP contribution in [-0.2, 0) is 4.74 Å². The van der Waals surface area contributed by atoms with Crippen molar-refractivity contribution >= 4 is 40.1 Å². The number of allylic oxidation sites excluding steroid dienone is 3. The summed E-state index contributed by atoms with van der Waals surface area (Å²) >= 11 is 5.93. The molecule has 2 aliphatic heterocycles. The molecule has 0 saturated carbocycles. The van der Waals surface area contributed by atoms with Crippen LogP contribution in [0.2, 0.25) is 0 Å². The van der Waals surface area contributed by atoms with E-state index in [2.05, 4.69) is 38.3 Å². The van der Waals surface area contributed by atoms with E-state index < -0.39 is 11.7 Å². The molecule has 0 radical (unpaired) electrons. The maximum atomic E-state index is 13.3. The lowest BCUT2D eigenvalue weighted by Gasteiger charge is -2.33. The number of ether oxygens (including phenoxy) is 1. The minimum absolute atomic E-state index is 0.0544. The number of imide groups is 1. The Morgan fingerprint density at radius 1 is 1.26 bits per heavy atom. The SMILES string of the molecule is C=C/C(OCC(O)CNc1cc[nH]c(=O)c1-c1nc2cc3c(cc2[nH]1)C(=O)N(C1CCN(C)CC1)C3=O)=C(/C)C(=C)Cl. The molecule has 12 heteroatoms. The average Bonchev–Trinajstić information content (AvgIpc) is 3.48. The largest absolute Gasteiger partial charge is 0.491 e. The number of likely N-dealkylation sites (tertiary alicyclic amines) is 1. The molecule has 1 unspecified atom stereocenters. The highest BCUT2D eigenvalue weighted by Crippen LogP contribution is 2.32. The molecule has 5 rings (SSSR count). The van der Waals surface area contributed by atoms with Gasteiger partial charge in [-0.25, -0.2) is 4.98 Å². The summed E-state index contributed by atoms with van der Waals surface area (Å²) in [7, 11) is 2.03. The molecular formula is C30H33ClN6O5. The Kier molecular flexibility index (Phi) is 8.35. The van der Waals surface area contributed by atoms with Crippen LogP contribution >= 0.6 is 11.6 Å². The van der Waals surface area contributed by atoms with Crippen LogP contribution in [0.25, 0.3) is 22.4 Å². The molecule has 4 N–H and O–H groups in total. The number of aromatic amines is 2. The molecule has 0 aliphatic carbocycles. The average molecular weight is 593 g/mol. The van der Waals surface area contributed by atoms with E-state index in [1.54, 1.807) is 25.1 Å². The molecule has 11 nitrogen and oxygen atoms in total. The Hall–Kier alpha value is -4.19. The number of aliphatic hydroxyl groups is 1. The zero-order valence-electron chi connectivity index (χ0n) is 23.5. The number of amides is 2. The minimum Gasteiger partial charge on any atom is -0.491 e. The van der Waals surface area contributed by atoms with Crippen LogP contribution in [0.4, 0.5) is 5.69 Å². The Bertz CT molecular complexity index is 1610. The van der Waals surface area contributed by atoms with Crippen molar-refractivity contribution in [1.82, 2.24) is 24.8 Å². The maximum absolute atomic E-state index is 13.3. The van der Waals surface area contributed by atoms with Gasteiger partial charge in [-0.15, -0.1) is 0 Å². The Morgan fingerprint density at radius 2 is 1.95 bits per heavy atom. The van der Waals surface area contributed by atoms with Crippen molar-refractivity contribution in [3.63, 3.8) is 0 Å². The van der Waals surface area contributed by atoms with E-state index in [0.29, 0.717) is 44.2 Å². The van der Waals surface area contributed by atoms with Gasteiger partial charge in [-0.05, 0) is 64.2 Å². The fourth-order valence-corrected chi connectivity index (χ4v) is 5.35. The van der Waals surface area contributed by atoms with Crippen molar-refractivity contribution < 1.29 is 19.4 Å². The number of carbonyl (C=O) groups is 2. The Morgan fingerprint density at radius 3 is 2.62 bits per heavy atom. The number of hydrogen-bond donors (Lipinski definition) is 4. The summed E-state index contributed by atoms with van der Waals surface area (Å²) in [4.78, 5) is 53.4. The van der Waals surface area contributed by atoms with E-state index in [0.717, 1.165) is 25.9 Å². The number of hydrogen-bond acceptors (Lipinski definition) is 8. The lowest BCUT2D eigenvalue weighted by atomic mass is 10.0. The number of H-pyrrole nitrogens is 2. The first-order valence-electron chi connectivity index (χ1n) is 13.6. The molecule has 0 bridgehead atoms. The smallest absolute Gasteiger partial charge is 0.261 e. The third kappa shape index (κ3) is 5.63. The van der Waals surface area contributed by atoms with E-state index in [1.165, 1.54) is 17.2 Å². The fourth-order valence-electron chi connectivity index (χ4n) is 5.25. The molecule has 1 saturated heterocycles.